The van der Waals surface area contributed by atoms with Crippen molar-refractivity contribution in [1.82, 2.24) is 20.1 Å². The number of hydrogen-bond acceptors (Lipinski definition) is 5. The molecule has 0 spiro atoms. The second kappa shape index (κ2) is 9.73. The average molecular weight is 404 g/mol. The van der Waals surface area contributed by atoms with E-state index in [0.717, 1.165) is 43.4 Å². The third-order valence-electron chi connectivity index (χ3n) is 4.79. The van der Waals surface area contributed by atoms with Gasteiger partial charge in [0.1, 0.15) is 0 Å². The van der Waals surface area contributed by atoms with Crippen LogP contribution in [0.2, 0.25) is 0 Å². The monoisotopic (exact) mass is 403 g/mol. The van der Waals surface area contributed by atoms with E-state index in [1.807, 2.05) is 4.90 Å². The molecule has 1 N–H and O–H groups in total. The summed E-state index contributed by atoms with van der Waals surface area (Å²) in [5, 5.41) is 4.53. The molecule has 1 aliphatic rings. The summed E-state index contributed by atoms with van der Waals surface area (Å²) in [5.41, 5.74) is 1.20. The predicted octanol–water partition coefficient (Wildman–Crippen LogP) is 2.57. The predicted molar refractivity (Wildman–Crippen MR) is 112 cm³/mol. The smallest absolute Gasteiger partial charge is 0.289 e. The van der Waals surface area contributed by atoms with Crippen molar-refractivity contribution in [3.63, 3.8) is 0 Å². The molecule has 152 valence electrons. The van der Waals surface area contributed by atoms with Crippen molar-refractivity contribution in [2.24, 2.45) is 4.99 Å². The summed E-state index contributed by atoms with van der Waals surface area (Å²) < 4.78 is 5.23. The number of furan rings is 1. The van der Waals surface area contributed by atoms with Crippen LogP contribution in [0, 0.1) is 6.92 Å². The van der Waals surface area contributed by atoms with Gasteiger partial charge >= 0.3 is 0 Å². The van der Waals surface area contributed by atoms with Crippen LogP contribution in [0.1, 0.15) is 40.0 Å². The van der Waals surface area contributed by atoms with E-state index in [1.54, 1.807) is 23.5 Å². The normalized spacial score (nSPS) is 15.2. The maximum absolute atomic E-state index is 12.4. The summed E-state index contributed by atoms with van der Waals surface area (Å²) >= 11 is 1.77. The molecule has 0 aliphatic carbocycles. The Morgan fingerprint density at radius 2 is 2.04 bits per heavy atom. The van der Waals surface area contributed by atoms with Gasteiger partial charge in [0, 0.05) is 50.6 Å². The number of aryl methyl sites for hydroxylation is 2. The van der Waals surface area contributed by atoms with Gasteiger partial charge in [-0.25, -0.2) is 4.98 Å². The molecule has 28 heavy (non-hydrogen) atoms. The Kier molecular flexibility index (Phi) is 7.08. The quantitative estimate of drug-likeness (QED) is 0.593. The van der Waals surface area contributed by atoms with E-state index in [2.05, 4.69) is 31.0 Å². The fourth-order valence-electron chi connectivity index (χ4n) is 3.28. The molecule has 0 unspecified atom stereocenters. The zero-order valence-corrected chi connectivity index (χ0v) is 17.7. The maximum atomic E-state index is 12.4. The lowest BCUT2D eigenvalue weighted by Gasteiger charge is -2.36. The standard InChI is InChI=1S/C20H29N5O2S/c1-4-16-15(3)28-18(23-16)8-9-22-20(21-5-2)25-12-10-24(11-13-25)19(26)17-7-6-14-27-17/h6-7,14H,4-5,8-13H2,1-3H3,(H,21,22). The van der Waals surface area contributed by atoms with Crippen LogP contribution in [-0.2, 0) is 12.8 Å². The van der Waals surface area contributed by atoms with E-state index in [-0.39, 0.29) is 5.91 Å². The number of aromatic nitrogens is 1. The second-order valence-electron chi connectivity index (χ2n) is 6.71. The third kappa shape index (κ3) is 4.92. The lowest BCUT2D eigenvalue weighted by atomic mass is 10.3. The summed E-state index contributed by atoms with van der Waals surface area (Å²) in [6.07, 6.45) is 3.37. The van der Waals surface area contributed by atoms with Crippen LogP contribution in [0.4, 0.5) is 0 Å². The van der Waals surface area contributed by atoms with Gasteiger partial charge in [0.05, 0.1) is 17.0 Å². The number of carbonyl (C=O) groups is 1. The van der Waals surface area contributed by atoms with Gasteiger partial charge in [-0.15, -0.1) is 11.3 Å². The molecular formula is C20H29N5O2S. The number of piperazine rings is 1. The largest absolute Gasteiger partial charge is 0.459 e. The Morgan fingerprint density at radius 1 is 1.29 bits per heavy atom. The topological polar surface area (TPSA) is 74.0 Å². The molecule has 1 aliphatic heterocycles. The fraction of sp³-hybridized carbons (Fsp3) is 0.550. The van der Waals surface area contributed by atoms with Crippen LogP contribution in [-0.4, -0.2) is 65.9 Å². The van der Waals surface area contributed by atoms with E-state index in [4.69, 9.17) is 14.4 Å². The minimum Gasteiger partial charge on any atom is -0.459 e. The van der Waals surface area contributed by atoms with Crippen molar-refractivity contribution < 1.29 is 9.21 Å². The minimum atomic E-state index is -0.0440. The Bertz CT molecular complexity index is 792. The zero-order valence-electron chi connectivity index (χ0n) is 16.9. The number of rotatable bonds is 6. The molecule has 3 rings (SSSR count). The molecule has 2 aromatic heterocycles. The van der Waals surface area contributed by atoms with Crippen LogP contribution in [0.25, 0.3) is 0 Å². The maximum Gasteiger partial charge on any atom is 0.289 e. The lowest BCUT2D eigenvalue weighted by molar-refractivity contribution is 0.0657. The van der Waals surface area contributed by atoms with Crippen LogP contribution in [0.15, 0.2) is 27.8 Å². The first-order chi connectivity index (χ1) is 13.6. The van der Waals surface area contributed by atoms with Crippen molar-refractivity contribution >= 4 is 23.2 Å². The van der Waals surface area contributed by atoms with Crippen molar-refractivity contribution in [2.75, 3.05) is 39.3 Å². The highest BCUT2D eigenvalue weighted by molar-refractivity contribution is 7.11. The first-order valence-corrected chi connectivity index (χ1v) is 10.7. The molecule has 1 amide bonds. The number of hydrogen-bond donors (Lipinski definition) is 1. The van der Waals surface area contributed by atoms with Gasteiger partial charge in [-0.2, -0.15) is 0 Å². The van der Waals surface area contributed by atoms with Crippen molar-refractivity contribution in [3.05, 3.63) is 39.7 Å². The van der Waals surface area contributed by atoms with E-state index >= 15 is 0 Å². The van der Waals surface area contributed by atoms with Gasteiger partial charge in [0.15, 0.2) is 11.7 Å². The van der Waals surface area contributed by atoms with E-state index in [1.165, 1.54) is 16.8 Å². The lowest BCUT2D eigenvalue weighted by Crippen LogP contribution is -2.53. The van der Waals surface area contributed by atoms with Crippen LogP contribution < -0.4 is 5.32 Å². The fourth-order valence-corrected chi connectivity index (χ4v) is 4.29. The summed E-state index contributed by atoms with van der Waals surface area (Å²) in [6.45, 7) is 10.7. The summed E-state index contributed by atoms with van der Waals surface area (Å²) in [7, 11) is 0. The summed E-state index contributed by atoms with van der Waals surface area (Å²) in [6, 6.07) is 3.46. The number of aliphatic imine (C=N–C) groups is 1. The van der Waals surface area contributed by atoms with Crippen LogP contribution >= 0.6 is 11.3 Å². The molecule has 1 fully saturated rings. The molecular weight excluding hydrogens is 374 g/mol. The van der Waals surface area contributed by atoms with Gasteiger partial charge in [0.25, 0.3) is 5.91 Å². The Hall–Kier alpha value is -2.35. The molecule has 1 saturated heterocycles. The van der Waals surface area contributed by atoms with Crippen molar-refractivity contribution in [3.8, 4) is 0 Å². The number of thiazole rings is 1. The molecule has 8 heteroatoms. The number of nitrogens with one attached hydrogen (secondary N) is 1. The molecule has 3 heterocycles. The molecule has 0 bridgehead atoms. The van der Waals surface area contributed by atoms with Gasteiger partial charge in [0.2, 0.25) is 0 Å². The first kappa shape index (κ1) is 20.4. The molecule has 0 aromatic carbocycles. The minimum absolute atomic E-state index is 0.0440. The van der Waals surface area contributed by atoms with Crippen LogP contribution in [0.3, 0.4) is 0 Å². The molecule has 0 atom stereocenters. The van der Waals surface area contributed by atoms with Crippen molar-refractivity contribution in [1.29, 1.82) is 0 Å². The highest BCUT2D eigenvalue weighted by atomic mass is 32.1. The molecule has 0 radical (unpaired) electrons. The molecule has 2 aromatic rings. The van der Waals surface area contributed by atoms with Crippen LogP contribution in [0.5, 0.6) is 0 Å². The van der Waals surface area contributed by atoms with Gasteiger partial charge < -0.3 is 19.5 Å². The third-order valence-corrected chi connectivity index (χ3v) is 5.87. The van der Waals surface area contributed by atoms with E-state index < -0.39 is 0 Å². The number of carbonyl (C=O) groups excluding carboxylic acids is 1. The van der Waals surface area contributed by atoms with Gasteiger partial charge in [-0.05, 0) is 32.4 Å². The van der Waals surface area contributed by atoms with Crippen molar-refractivity contribution in [2.45, 2.75) is 33.6 Å². The Morgan fingerprint density at radius 3 is 2.64 bits per heavy atom. The van der Waals surface area contributed by atoms with Gasteiger partial charge in [-0.1, -0.05) is 6.92 Å². The highest BCUT2D eigenvalue weighted by Crippen LogP contribution is 2.18. The number of amides is 1. The average Bonchev–Trinajstić information content (AvgIpc) is 3.36. The molecule has 7 nitrogen and oxygen atoms in total. The highest BCUT2D eigenvalue weighted by Gasteiger charge is 2.25. The Balaban J connectivity index is 1.55. The summed E-state index contributed by atoms with van der Waals surface area (Å²) in [4.78, 5) is 27.3. The Labute approximate surface area is 170 Å². The number of guanidine groups is 1. The number of nitrogens with zero attached hydrogens (tertiary/aromatic N) is 4. The zero-order chi connectivity index (χ0) is 19.9. The summed E-state index contributed by atoms with van der Waals surface area (Å²) in [5.74, 6) is 1.27. The second-order valence-corrected chi connectivity index (χ2v) is 7.99. The van der Waals surface area contributed by atoms with E-state index in [9.17, 15) is 4.79 Å². The van der Waals surface area contributed by atoms with E-state index in [0.29, 0.717) is 25.4 Å². The molecule has 0 saturated carbocycles. The van der Waals surface area contributed by atoms with Gasteiger partial charge in [-0.3, -0.25) is 9.79 Å². The first-order valence-electron chi connectivity index (χ1n) is 9.93. The SMILES string of the molecule is CCNC(=NCCc1nc(CC)c(C)s1)N1CCN(C(=O)c2ccco2)CC1.